The Morgan fingerprint density at radius 1 is 1.21 bits per heavy atom. The van der Waals surface area contributed by atoms with Gasteiger partial charge in [-0.1, -0.05) is 0 Å². The summed E-state index contributed by atoms with van der Waals surface area (Å²) >= 11 is 0. The third-order valence-corrected chi connectivity index (χ3v) is 3.26. The van der Waals surface area contributed by atoms with E-state index >= 15 is 0 Å². The molecule has 0 unspecified atom stereocenters. The van der Waals surface area contributed by atoms with Gasteiger partial charge in [0.15, 0.2) is 11.5 Å². The van der Waals surface area contributed by atoms with Gasteiger partial charge in [0.2, 0.25) is 0 Å². The molecule has 0 saturated carbocycles. The second-order valence-corrected chi connectivity index (χ2v) is 4.45. The van der Waals surface area contributed by atoms with E-state index < -0.39 is 0 Å². The van der Waals surface area contributed by atoms with Crippen LogP contribution in [0.15, 0.2) is 18.3 Å². The lowest BCUT2D eigenvalue weighted by Gasteiger charge is -2.01. The molecule has 0 radical (unpaired) electrons. The van der Waals surface area contributed by atoms with Crippen LogP contribution in [0.1, 0.15) is 17.0 Å². The maximum atomic E-state index is 8.99. The summed E-state index contributed by atoms with van der Waals surface area (Å²) in [7, 11) is 1.90. The molecule has 0 bridgehead atoms. The number of hydrogen-bond donors (Lipinski definition) is 0. The highest BCUT2D eigenvalue weighted by atomic mass is 15.3. The van der Waals surface area contributed by atoms with Crippen LogP contribution in [0.5, 0.6) is 0 Å². The number of fused-ring (bicyclic) bond motifs is 1. The Kier molecular flexibility index (Phi) is 2.35. The monoisotopic (exact) mass is 252 g/mol. The average molecular weight is 252 g/mol. The van der Waals surface area contributed by atoms with Gasteiger partial charge in [0, 0.05) is 18.9 Å². The van der Waals surface area contributed by atoms with E-state index in [0.717, 1.165) is 28.4 Å². The Morgan fingerprint density at radius 2 is 2.00 bits per heavy atom. The summed E-state index contributed by atoms with van der Waals surface area (Å²) in [6.07, 6.45) is 1.75. The van der Waals surface area contributed by atoms with Crippen LogP contribution in [0.4, 0.5) is 0 Å². The smallest absolute Gasteiger partial charge is 0.172 e. The third-order valence-electron chi connectivity index (χ3n) is 3.26. The lowest BCUT2D eigenvalue weighted by Crippen LogP contribution is -1.95. The standard InChI is InChI=1S/C13H12N6/c1-8-12(9(2)18(3)17-8)13-16-15-11-5-4-10(6-14)7-19(11)13/h4-5,7H,1-3H3. The van der Waals surface area contributed by atoms with Crippen LogP contribution in [0.3, 0.4) is 0 Å². The van der Waals surface area contributed by atoms with Gasteiger partial charge >= 0.3 is 0 Å². The number of hydrogen-bond acceptors (Lipinski definition) is 4. The fourth-order valence-corrected chi connectivity index (χ4v) is 2.22. The van der Waals surface area contributed by atoms with E-state index in [1.165, 1.54) is 0 Å². The molecule has 0 aliphatic heterocycles. The molecule has 3 rings (SSSR count). The molecule has 0 aliphatic carbocycles. The second-order valence-electron chi connectivity index (χ2n) is 4.45. The molecule has 0 N–H and O–H groups in total. The van der Waals surface area contributed by atoms with Crippen LogP contribution in [-0.4, -0.2) is 24.4 Å². The topological polar surface area (TPSA) is 71.8 Å². The lowest BCUT2D eigenvalue weighted by atomic mass is 10.2. The van der Waals surface area contributed by atoms with E-state index in [0.29, 0.717) is 5.56 Å². The molecule has 0 spiro atoms. The van der Waals surface area contributed by atoms with Gasteiger partial charge in [-0.3, -0.25) is 9.08 Å². The van der Waals surface area contributed by atoms with Crippen molar-refractivity contribution in [1.82, 2.24) is 24.4 Å². The minimum atomic E-state index is 0.577. The first-order valence-corrected chi connectivity index (χ1v) is 5.87. The van der Waals surface area contributed by atoms with Crippen LogP contribution in [0, 0.1) is 25.2 Å². The summed E-state index contributed by atoms with van der Waals surface area (Å²) in [5, 5.41) is 21.7. The molecule has 94 valence electrons. The lowest BCUT2D eigenvalue weighted by molar-refractivity contribution is 0.731. The van der Waals surface area contributed by atoms with Gasteiger partial charge in [-0.15, -0.1) is 10.2 Å². The Labute approximate surface area is 109 Å². The van der Waals surface area contributed by atoms with Gasteiger partial charge in [0.1, 0.15) is 6.07 Å². The van der Waals surface area contributed by atoms with Gasteiger partial charge in [0.05, 0.1) is 16.8 Å². The normalized spacial score (nSPS) is 10.8. The largest absolute Gasteiger partial charge is 0.281 e. The predicted octanol–water partition coefficient (Wildman–Crippen LogP) is 1.62. The van der Waals surface area contributed by atoms with E-state index in [1.54, 1.807) is 18.3 Å². The van der Waals surface area contributed by atoms with Crippen molar-refractivity contribution in [2.24, 2.45) is 7.05 Å². The molecule has 3 aromatic rings. The van der Waals surface area contributed by atoms with Gasteiger partial charge in [-0.2, -0.15) is 10.4 Å². The quantitative estimate of drug-likeness (QED) is 0.659. The van der Waals surface area contributed by atoms with Crippen LogP contribution in [0.2, 0.25) is 0 Å². The zero-order chi connectivity index (χ0) is 13.6. The molecular formula is C13H12N6. The number of nitriles is 1. The molecule has 19 heavy (non-hydrogen) atoms. The summed E-state index contributed by atoms with van der Waals surface area (Å²) in [4.78, 5) is 0. The van der Waals surface area contributed by atoms with Crippen molar-refractivity contribution in [3.63, 3.8) is 0 Å². The van der Waals surface area contributed by atoms with Crippen LogP contribution >= 0.6 is 0 Å². The fourth-order valence-electron chi connectivity index (χ4n) is 2.22. The Balaban J connectivity index is 2.34. The van der Waals surface area contributed by atoms with Crippen LogP contribution < -0.4 is 0 Å². The third kappa shape index (κ3) is 1.59. The number of pyridine rings is 1. The van der Waals surface area contributed by atoms with Crippen molar-refractivity contribution in [3.05, 3.63) is 35.3 Å². The average Bonchev–Trinajstić information content (AvgIpc) is 2.91. The van der Waals surface area contributed by atoms with Crippen molar-refractivity contribution >= 4 is 5.65 Å². The highest BCUT2D eigenvalue weighted by Crippen LogP contribution is 2.25. The number of nitrogens with zero attached hydrogens (tertiary/aromatic N) is 6. The van der Waals surface area contributed by atoms with E-state index in [4.69, 9.17) is 5.26 Å². The van der Waals surface area contributed by atoms with E-state index in [2.05, 4.69) is 21.4 Å². The molecule has 0 saturated heterocycles. The SMILES string of the molecule is Cc1nn(C)c(C)c1-c1nnc2ccc(C#N)cn12. The molecule has 3 heterocycles. The second kappa shape index (κ2) is 3.92. The molecule has 3 aromatic heterocycles. The van der Waals surface area contributed by atoms with Gasteiger partial charge in [0.25, 0.3) is 0 Å². The minimum Gasteiger partial charge on any atom is -0.281 e. The first-order chi connectivity index (χ1) is 9.11. The summed E-state index contributed by atoms with van der Waals surface area (Å²) < 4.78 is 3.65. The molecule has 0 aromatic carbocycles. The summed E-state index contributed by atoms with van der Waals surface area (Å²) in [5.41, 5.74) is 4.18. The first-order valence-electron chi connectivity index (χ1n) is 5.87. The zero-order valence-corrected chi connectivity index (χ0v) is 10.9. The van der Waals surface area contributed by atoms with E-state index in [9.17, 15) is 0 Å². The number of aryl methyl sites for hydroxylation is 2. The molecule has 6 heteroatoms. The Morgan fingerprint density at radius 3 is 2.63 bits per heavy atom. The maximum Gasteiger partial charge on any atom is 0.172 e. The van der Waals surface area contributed by atoms with Crippen LogP contribution in [0.25, 0.3) is 17.0 Å². The number of aromatic nitrogens is 5. The molecular weight excluding hydrogens is 240 g/mol. The first kappa shape index (κ1) is 11.4. The summed E-state index contributed by atoms with van der Waals surface area (Å²) in [6, 6.07) is 5.65. The molecule has 6 nitrogen and oxygen atoms in total. The fraction of sp³-hybridized carbons (Fsp3) is 0.231. The highest BCUT2D eigenvalue weighted by molar-refractivity contribution is 5.64. The Hall–Kier alpha value is -2.68. The molecule has 0 aliphatic rings. The van der Waals surface area contributed by atoms with Crippen molar-refractivity contribution in [2.75, 3.05) is 0 Å². The van der Waals surface area contributed by atoms with E-state index in [1.807, 2.05) is 30.0 Å². The summed E-state index contributed by atoms with van der Waals surface area (Å²) in [5.74, 6) is 0.718. The van der Waals surface area contributed by atoms with Gasteiger partial charge in [-0.05, 0) is 26.0 Å². The molecule has 0 amide bonds. The van der Waals surface area contributed by atoms with Crippen molar-refractivity contribution in [1.29, 1.82) is 5.26 Å². The van der Waals surface area contributed by atoms with Crippen LogP contribution in [-0.2, 0) is 7.05 Å². The van der Waals surface area contributed by atoms with Crippen molar-refractivity contribution < 1.29 is 0 Å². The number of rotatable bonds is 1. The molecule has 0 atom stereocenters. The van der Waals surface area contributed by atoms with Gasteiger partial charge in [-0.25, -0.2) is 0 Å². The molecule has 0 fully saturated rings. The Bertz CT molecular complexity index is 818. The highest BCUT2D eigenvalue weighted by Gasteiger charge is 2.17. The van der Waals surface area contributed by atoms with E-state index in [-0.39, 0.29) is 0 Å². The summed E-state index contributed by atoms with van der Waals surface area (Å²) in [6.45, 7) is 3.93. The van der Waals surface area contributed by atoms with Gasteiger partial charge < -0.3 is 0 Å². The maximum absolute atomic E-state index is 8.99. The zero-order valence-electron chi connectivity index (χ0n) is 10.9. The predicted molar refractivity (Wildman–Crippen MR) is 69.4 cm³/mol. The van der Waals surface area contributed by atoms with Crippen molar-refractivity contribution in [3.8, 4) is 17.5 Å². The van der Waals surface area contributed by atoms with Crippen molar-refractivity contribution in [2.45, 2.75) is 13.8 Å². The minimum absolute atomic E-state index is 0.577.